The quantitative estimate of drug-likeness (QED) is 0.730. The molecule has 1 atom stereocenters. The summed E-state index contributed by atoms with van der Waals surface area (Å²) in [5, 5.41) is 4.13. The Kier molecular flexibility index (Phi) is 4.49. The maximum absolute atomic E-state index is 12.7. The summed E-state index contributed by atoms with van der Waals surface area (Å²) in [6.45, 7) is 0.756. The van der Waals surface area contributed by atoms with Gasteiger partial charge in [0.05, 0.1) is 5.69 Å². The molecule has 28 heavy (non-hydrogen) atoms. The van der Waals surface area contributed by atoms with Gasteiger partial charge >= 0.3 is 0 Å². The number of amides is 1. The summed E-state index contributed by atoms with van der Waals surface area (Å²) in [6.07, 6.45) is 2.48. The third-order valence-electron chi connectivity index (χ3n) is 5.23. The largest absolute Gasteiger partial charge is 0.454 e. The van der Waals surface area contributed by atoms with E-state index in [-0.39, 0.29) is 18.6 Å². The van der Waals surface area contributed by atoms with E-state index >= 15 is 0 Å². The van der Waals surface area contributed by atoms with Gasteiger partial charge in [-0.3, -0.25) is 4.79 Å². The molecule has 142 valence electrons. The molecule has 1 unspecified atom stereocenters. The second-order valence-corrected chi connectivity index (χ2v) is 8.18. The summed E-state index contributed by atoms with van der Waals surface area (Å²) in [7, 11) is 0. The predicted octanol–water partition coefficient (Wildman–Crippen LogP) is 3.96. The first-order valence-corrected chi connectivity index (χ1v) is 10.3. The molecular formula is C22H20N2O3S. The SMILES string of the molecule is O=C(NCc1ccc2c(c1)OCO2)C1CCc2nc(-c3ccccc3)sc2C1. The van der Waals surface area contributed by atoms with Gasteiger partial charge in [0.15, 0.2) is 11.5 Å². The van der Waals surface area contributed by atoms with Crippen LogP contribution in [0.3, 0.4) is 0 Å². The number of hydrogen-bond donors (Lipinski definition) is 1. The molecule has 3 aromatic rings. The normalized spacial score (nSPS) is 17.2. The molecule has 1 amide bonds. The van der Waals surface area contributed by atoms with Crippen molar-refractivity contribution in [1.29, 1.82) is 0 Å². The van der Waals surface area contributed by atoms with Crippen molar-refractivity contribution in [2.75, 3.05) is 6.79 Å². The molecule has 1 aliphatic carbocycles. The smallest absolute Gasteiger partial charge is 0.231 e. The average Bonchev–Trinajstić information content (AvgIpc) is 3.38. The topological polar surface area (TPSA) is 60.5 Å². The molecular weight excluding hydrogens is 372 g/mol. The number of hydrogen-bond acceptors (Lipinski definition) is 5. The summed E-state index contributed by atoms with van der Waals surface area (Å²) >= 11 is 1.72. The second-order valence-electron chi connectivity index (χ2n) is 7.10. The number of aryl methyl sites for hydroxylation is 1. The zero-order chi connectivity index (χ0) is 18.9. The number of thiazole rings is 1. The Labute approximate surface area is 167 Å². The van der Waals surface area contributed by atoms with Gasteiger partial charge < -0.3 is 14.8 Å². The van der Waals surface area contributed by atoms with Crippen molar-refractivity contribution >= 4 is 17.2 Å². The van der Waals surface area contributed by atoms with Crippen molar-refractivity contribution < 1.29 is 14.3 Å². The molecule has 0 radical (unpaired) electrons. The second kappa shape index (κ2) is 7.28. The Morgan fingerprint density at radius 1 is 1.14 bits per heavy atom. The number of rotatable bonds is 4. The standard InChI is InChI=1S/C22H20N2O3S/c25-21(23-12-14-6-9-18-19(10-14)27-13-26-18)16-7-8-17-20(11-16)28-22(24-17)15-4-2-1-3-5-15/h1-6,9-10,16H,7-8,11-13H2,(H,23,25). The first-order valence-electron chi connectivity index (χ1n) is 9.46. The van der Waals surface area contributed by atoms with Gasteiger partial charge in [-0.25, -0.2) is 4.98 Å². The van der Waals surface area contributed by atoms with Crippen LogP contribution in [-0.2, 0) is 24.2 Å². The minimum Gasteiger partial charge on any atom is -0.454 e. The molecule has 5 rings (SSSR count). The van der Waals surface area contributed by atoms with Gasteiger partial charge in [0.2, 0.25) is 12.7 Å². The van der Waals surface area contributed by atoms with Crippen LogP contribution in [0.25, 0.3) is 10.6 Å². The number of benzene rings is 2. The van der Waals surface area contributed by atoms with E-state index in [1.165, 1.54) is 4.88 Å². The van der Waals surface area contributed by atoms with Gasteiger partial charge in [0, 0.05) is 22.9 Å². The van der Waals surface area contributed by atoms with Gasteiger partial charge in [-0.2, -0.15) is 0 Å². The molecule has 1 aliphatic heterocycles. The summed E-state index contributed by atoms with van der Waals surface area (Å²) in [4.78, 5) is 18.8. The zero-order valence-electron chi connectivity index (χ0n) is 15.3. The molecule has 2 aromatic carbocycles. The summed E-state index contributed by atoms with van der Waals surface area (Å²) < 4.78 is 10.7. The highest BCUT2D eigenvalue weighted by molar-refractivity contribution is 7.15. The molecule has 5 nitrogen and oxygen atoms in total. The number of fused-ring (bicyclic) bond motifs is 2. The maximum atomic E-state index is 12.7. The van der Waals surface area contributed by atoms with E-state index in [9.17, 15) is 4.79 Å². The lowest BCUT2D eigenvalue weighted by atomic mass is 9.90. The molecule has 6 heteroatoms. The number of ether oxygens (including phenoxy) is 2. The van der Waals surface area contributed by atoms with E-state index in [0.29, 0.717) is 6.54 Å². The van der Waals surface area contributed by atoms with Gasteiger partial charge in [0.25, 0.3) is 0 Å². The molecule has 0 fully saturated rings. The molecule has 0 saturated heterocycles. The van der Waals surface area contributed by atoms with Crippen LogP contribution in [0.15, 0.2) is 48.5 Å². The molecule has 0 bridgehead atoms. The maximum Gasteiger partial charge on any atom is 0.231 e. The number of aromatic nitrogens is 1. The first kappa shape index (κ1) is 17.3. The number of nitrogens with zero attached hydrogens (tertiary/aromatic N) is 1. The fourth-order valence-electron chi connectivity index (χ4n) is 3.69. The molecule has 2 heterocycles. The van der Waals surface area contributed by atoms with Crippen molar-refractivity contribution in [3.63, 3.8) is 0 Å². The third-order valence-corrected chi connectivity index (χ3v) is 6.40. The highest BCUT2D eigenvalue weighted by atomic mass is 32.1. The van der Waals surface area contributed by atoms with Crippen LogP contribution < -0.4 is 14.8 Å². The van der Waals surface area contributed by atoms with Crippen LogP contribution in [-0.4, -0.2) is 17.7 Å². The Bertz CT molecular complexity index is 1020. The van der Waals surface area contributed by atoms with Crippen LogP contribution in [0.1, 0.15) is 22.6 Å². The lowest BCUT2D eigenvalue weighted by Gasteiger charge is -2.20. The Hall–Kier alpha value is -2.86. The highest BCUT2D eigenvalue weighted by Crippen LogP contribution is 2.35. The van der Waals surface area contributed by atoms with Crippen LogP contribution in [0.2, 0.25) is 0 Å². The van der Waals surface area contributed by atoms with E-state index in [2.05, 4.69) is 17.4 Å². The fourth-order valence-corrected chi connectivity index (χ4v) is 4.88. The van der Waals surface area contributed by atoms with E-state index in [0.717, 1.165) is 52.6 Å². The van der Waals surface area contributed by atoms with Crippen molar-refractivity contribution in [2.24, 2.45) is 5.92 Å². The molecule has 0 saturated carbocycles. The van der Waals surface area contributed by atoms with E-state index < -0.39 is 0 Å². The van der Waals surface area contributed by atoms with Crippen molar-refractivity contribution in [3.05, 3.63) is 64.7 Å². The predicted molar refractivity (Wildman–Crippen MR) is 107 cm³/mol. The zero-order valence-corrected chi connectivity index (χ0v) is 16.1. The van der Waals surface area contributed by atoms with Crippen molar-refractivity contribution in [3.8, 4) is 22.1 Å². The summed E-state index contributed by atoms with van der Waals surface area (Å²) in [5.41, 5.74) is 3.31. The summed E-state index contributed by atoms with van der Waals surface area (Å²) in [6, 6.07) is 16.0. The molecule has 0 spiro atoms. The van der Waals surface area contributed by atoms with Crippen LogP contribution >= 0.6 is 11.3 Å². The minimum absolute atomic E-state index is 0.00517. The Balaban J connectivity index is 1.23. The van der Waals surface area contributed by atoms with Crippen LogP contribution in [0.5, 0.6) is 11.5 Å². The third kappa shape index (κ3) is 3.36. The highest BCUT2D eigenvalue weighted by Gasteiger charge is 2.27. The average molecular weight is 392 g/mol. The van der Waals surface area contributed by atoms with Crippen LogP contribution in [0.4, 0.5) is 0 Å². The molecule has 2 aliphatic rings. The van der Waals surface area contributed by atoms with E-state index in [4.69, 9.17) is 14.5 Å². The van der Waals surface area contributed by atoms with Crippen molar-refractivity contribution in [2.45, 2.75) is 25.8 Å². The van der Waals surface area contributed by atoms with Gasteiger partial charge in [0.1, 0.15) is 5.01 Å². The Morgan fingerprint density at radius 2 is 2.00 bits per heavy atom. The van der Waals surface area contributed by atoms with E-state index in [1.54, 1.807) is 11.3 Å². The first-order chi connectivity index (χ1) is 13.8. The number of nitrogens with one attached hydrogen (secondary N) is 1. The number of carbonyl (C=O) groups is 1. The molecule has 1 aromatic heterocycles. The fraction of sp³-hybridized carbons (Fsp3) is 0.273. The van der Waals surface area contributed by atoms with Gasteiger partial charge in [-0.1, -0.05) is 36.4 Å². The lowest BCUT2D eigenvalue weighted by Crippen LogP contribution is -2.33. The monoisotopic (exact) mass is 392 g/mol. The summed E-state index contributed by atoms with van der Waals surface area (Å²) in [5.74, 6) is 1.62. The minimum atomic E-state index is 0.00517. The van der Waals surface area contributed by atoms with Gasteiger partial charge in [-0.05, 0) is 37.0 Å². The van der Waals surface area contributed by atoms with Crippen molar-refractivity contribution in [1.82, 2.24) is 10.3 Å². The number of carbonyl (C=O) groups excluding carboxylic acids is 1. The van der Waals surface area contributed by atoms with Gasteiger partial charge in [-0.15, -0.1) is 11.3 Å². The van der Waals surface area contributed by atoms with E-state index in [1.807, 2.05) is 36.4 Å². The van der Waals surface area contributed by atoms with Crippen LogP contribution in [0, 0.1) is 5.92 Å². The molecule has 1 N–H and O–H groups in total. The Morgan fingerprint density at radius 3 is 2.89 bits per heavy atom. The lowest BCUT2D eigenvalue weighted by molar-refractivity contribution is -0.125.